The number of halogens is 1. The van der Waals surface area contributed by atoms with Gasteiger partial charge in [0.05, 0.1) is 24.0 Å². The normalized spacial score (nSPS) is 10.7. The molecule has 0 spiro atoms. The molecule has 1 heterocycles. The van der Waals surface area contributed by atoms with E-state index in [0.717, 1.165) is 5.56 Å². The Hall–Kier alpha value is -3.39. The van der Waals surface area contributed by atoms with Crippen LogP contribution in [0.25, 0.3) is 0 Å². The second kappa shape index (κ2) is 8.81. The van der Waals surface area contributed by atoms with Gasteiger partial charge >= 0.3 is 0 Å². The van der Waals surface area contributed by atoms with Crippen molar-refractivity contribution >= 4 is 29.4 Å². The molecule has 0 saturated carbocycles. The summed E-state index contributed by atoms with van der Waals surface area (Å²) in [4.78, 5) is 12.1. The highest BCUT2D eigenvalue weighted by atomic mass is 35.5. The molecule has 3 aromatic rings. The Labute approximate surface area is 160 Å². The summed E-state index contributed by atoms with van der Waals surface area (Å²) < 4.78 is 12.3. The van der Waals surface area contributed by atoms with Crippen molar-refractivity contribution < 1.29 is 14.3 Å². The molecule has 1 aromatic heterocycles. The molecule has 0 saturated heterocycles. The molecule has 0 aliphatic carbocycles. The summed E-state index contributed by atoms with van der Waals surface area (Å²) in [5.74, 6) is 0.588. The molecule has 0 bridgehead atoms. The Morgan fingerprint density at radius 1 is 1.22 bits per heavy atom. The lowest BCUT2D eigenvalue weighted by Gasteiger charge is -2.12. The van der Waals surface area contributed by atoms with Crippen LogP contribution in [0, 0.1) is 0 Å². The molecule has 1 N–H and O–H groups in total. The molecular weight excluding hydrogens is 370 g/mol. The maximum atomic E-state index is 12.1. The second-order valence-electron chi connectivity index (χ2n) is 5.31. The number of hydrogen-bond acceptors (Lipinski definition) is 6. The lowest BCUT2D eigenvalue weighted by Crippen LogP contribution is -2.20. The number of methoxy groups -OCH3 is 1. The van der Waals surface area contributed by atoms with Crippen molar-refractivity contribution in [1.29, 1.82) is 0 Å². The van der Waals surface area contributed by atoms with Gasteiger partial charge in [-0.15, -0.1) is 10.2 Å². The van der Waals surface area contributed by atoms with Gasteiger partial charge in [-0.3, -0.25) is 4.79 Å². The van der Waals surface area contributed by atoms with Crippen molar-refractivity contribution in [3.05, 3.63) is 65.7 Å². The molecular formula is C18H16ClN5O3. The van der Waals surface area contributed by atoms with E-state index in [-0.39, 0.29) is 12.5 Å². The monoisotopic (exact) mass is 385 g/mol. The molecule has 8 nitrogen and oxygen atoms in total. The number of nitrogens with zero attached hydrogens (tertiary/aromatic N) is 4. The van der Waals surface area contributed by atoms with Gasteiger partial charge in [0.15, 0.2) is 18.1 Å². The van der Waals surface area contributed by atoms with E-state index in [2.05, 4.69) is 20.6 Å². The average Bonchev–Trinajstić information content (AvgIpc) is 3.20. The van der Waals surface area contributed by atoms with Crippen LogP contribution in [-0.4, -0.2) is 40.7 Å². The predicted molar refractivity (Wildman–Crippen MR) is 102 cm³/mol. The fourth-order valence-electron chi connectivity index (χ4n) is 2.16. The van der Waals surface area contributed by atoms with E-state index in [1.807, 2.05) is 0 Å². The minimum Gasteiger partial charge on any atom is -0.493 e. The van der Waals surface area contributed by atoms with Gasteiger partial charge in [0, 0.05) is 0 Å². The third kappa shape index (κ3) is 5.05. The SMILES string of the molecule is COc1cc(/C=N\n2cnnc2)ccc1OCC(=O)Nc1ccccc1Cl. The molecule has 0 aliphatic heterocycles. The van der Waals surface area contributed by atoms with Crippen LogP contribution in [-0.2, 0) is 4.79 Å². The third-order valence-electron chi connectivity index (χ3n) is 3.44. The van der Waals surface area contributed by atoms with Crippen LogP contribution in [0.3, 0.4) is 0 Å². The Morgan fingerprint density at radius 3 is 2.74 bits per heavy atom. The summed E-state index contributed by atoms with van der Waals surface area (Å²) in [7, 11) is 1.52. The largest absolute Gasteiger partial charge is 0.493 e. The summed E-state index contributed by atoms with van der Waals surface area (Å²) in [6.07, 6.45) is 4.57. The maximum Gasteiger partial charge on any atom is 0.262 e. The van der Waals surface area contributed by atoms with E-state index in [4.69, 9.17) is 21.1 Å². The fourth-order valence-corrected chi connectivity index (χ4v) is 2.35. The molecule has 0 radical (unpaired) electrons. The summed E-state index contributed by atoms with van der Waals surface area (Å²) in [5.41, 5.74) is 1.31. The van der Waals surface area contributed by atoms with Crippen LogP contribution in [0.1, 0.15) is 5.56 Å². The van der Waals surface area contributed by atoms with Crippen molar-refractivity contribution in [1.82, 2.24) is 14.9 Å². The number of nitrogens with one attached hydrogen (secondary N) is 1. The minimum absolute atomic E-state index is 0.185. The molecule has 27 heavy (non-hydrogen) atoms. The third-order valence-corrected chi connectivity index (χ3v) is 3.77. The van der Waals surface area contributed by atoms with Gasteiger partial charge in [-0.2, -0.15) is 5.10 Å². The molecule has 3 rings (SSSR count). The van der Waals surface area contributed by atoms with E-state index in [9.17, 15) is 4.79 Å². The van der Waals surface area contributed by atoms with E-state index >= 15 is 0 Å². The number of para-hydroxylation sites is 1. The Kier molecular flexibility index (Phi) is 6.01. The van der Waals surface area contributed by atoms with Crippen LogP contribution in [0.2, 0.25) is 5.02 Å². The van der Waals surface area contributed by atoms with E-state index in [0.29, 0.717) is 22.2 Å². The molecule has 9 heteroatoms. The van der Waals surface area contributed by atoms with Crippen LogP contribution in [0.4, 0.5) is 5.69 Å². The lowest BCUT2D eigenvalue weighted by atomic mass is 10.2. The molecule has 0 unspecified atom stereocenters. The number of carbonyl (C=O) groups is 1. The second-order valence-corrected chi connectivity index (χ2v) is 5.72. The van der Waals surface area contributed by atoms with E-state index in [1.165, 1.54) is 24.4 Å². The number of benzene rings is 2. The number of aromatic nitrogens is 3. The summed E-state index contributed by atoms with van der Waals surface area (Å²) in [5, 5.41) is 14.6. The first kappa shape index (κ1) is 18.4. The minimum atomic E-state index is -0.330. The number of anilines is 1. The molecule has 0 atom stereocenters. The summed E-state index contributed by atoms with van der Waals surface area (Å²) in [6.45, 7) is -0.185. The quantitative estimate of drug-likeness (QED) is 0.631. The van der Waals surface area contributed by atoms with Gasteiger partial charge < -0.3 is 14.8 Å². The number of hydrogen-bond donors (Lipinski definition) is 1. The van der Waals surface area contributed by atoms with Gasteiger partial charge in [-0.25, -0.2) is 4.68 Å². The van der Waals surface area contributed by atoms with Crippen LogP contribution < -0.4 is 14.8 Å². The maximum absolute atomic E-state index is 12.1. The number of rotatable bonds is 7. The molecule has 2 aromatic carbocycles. The van der Waals surface area contributed by atoms with Crippen molar-refractivity contribution in [2.24, 2.45) is 5.10 Å². The van der Waals surface area contributed by atoms with Gasteiger partial charge in [0.2, 0.25) is 0 Å². The van der Waals surface area contributed by atoms with Crippen LogP contribution >= 0.6 is 11.6 Å². The number of ether oxygens (including phenoxy) is 2. The summed E-state index contributed by atoms with van der Waals surface area (Å²) in [6, 6.07) is 12.2. The molecule has 0 aliphatic rings. The molecule has 138 valence electrons. The van der Waals surface area contributed by atoms with Crippen molar-refractivity contribution in [2.45, 2.75) is 0 Å². The lowest BCUT2D eigenvalue weighted by molar-refractivity contribution is -0.118. The van der Waals surface area contributed by atoms with E-state index in [1.54, 1.807) is 48.7 Å². The fraction of sp³-hybridized carbons (Fsp3) is 0.111. The Balaban J connectivity index is 1.62. The number of carbonyl (C=O) groups excluding carboxylic acids is 1. The first-order valence-corrected chi connectivity index (χ1v) is 8.27. The highest BCUT2D eigenvalue weighted by molar-refractivity contribution is 6.33. The Morgan fingerprint density at radius 2 is 2.00 bits per heavy atom. The zero-order valence-corrected chi connectivity index (χ0v) is 15.1. The van der Waals surface area contributed by atoms with E-state index < -0.39 is 0 Å². The smallest absolute Gasteiger partial charge is 0.262 e. The first-order valence-electron chi connectivity index (χ1n) is 7.90. The van der Waals surface area contributed by atoms with Crippen molar-refractivity contribution in [3.63, 3.8) is 0 Å². The zero-order chi connectivity index (χ0) is 19.1. The van der Waals surface area contributed by atoms with Crippen LogP contribution in [0.5, 0.6) is 11.5 Å². The molecule has 1 amide bonds. The highest BCUT2D eigenvalue weighted by Gasteiger charge is 2.10. The van der Waals surface area contributed by atoms with Gasteiger partial charge in [-0.05, 0) is 35.9 Å². The van der Waals surface area contributed by atoms with Crippen LogP contribution in [0.15, 0.2) is 60.2 Å². The Bertz CT molecular complexity index is 944. The van der Waals surface area contributed by atoms with Gasteiger partial charge in [0.1, 0.15) is 12.7 Å². The van der Waals surface area contributed by atoms with Crippen molar-refractivity contribution in [2.75, 3.05) is 19.0 Å². The van der Waals surface area contributed by atoms with Crippen molar-refractivity contribution in [3.8, 4) is 11.5 Å². The average molecular weight is 386 g/mol. The molecule has 0 fully saturated rings. The predicted octanol–water partition coefficient (Wildman–Crippen LogP) is 2.84. The summed E-state index contributed by atoms with van der Waals surface area (Å²) >= 11 is 6.02. The number of amides is 1. The van der Waals surface area contributed by atoms with Gasteiger partial charge in [-0.1, -0.05) is 23.7 Å². The first-order chi connectivity index (χ1) is 13.2. The topological polar surface area (TPSA) is 90.6 Å². The zero-order valence-electron chi connectivity index (χ0n) is 14.4. The highest BCUT2D eigenvalue weighted by Crippen LogP contribution is 2.27. The van der Waals surface area contributed by atoms with Gasteiger partial charge in [0.25, 0.3) is 5.91 Å². The standard InChI is InChI=1S/C18H16ClN5O3/c1-26-17-8-13(9-22-24-11-20-21-12-24)6-7-16(17)27-10-18(25)23-15-5-3-2-4-14(15)19/h2-9,11-12H,10H2,1H3,(H,23,25)/b22-9-.